The highest BCUT2D eigenvalue weighted by molar-refractivity contribution is 7.99. The van der Waals surface area contributed by atoms with E-state index in [1.807, 2.05) is 0 Å². The normalized spacial score (nSPS) is 9.90. The van der Waals surface area contributed by atoms with Crippen molar-refractivity contribution in [3.63, 3.8) is 0 Å². The fourth-order valence-electron chi connectivity index (χ4n) is 1.34. The molecule has 1 heterocycles. The highest BCUT2D eigenvalue weighted by Crippen LogP contribution is 2.22. The minimum atomic E-state index is -0.888. The summed E-state index contributed by atoms with van der Waals surface area (Å²) in [4.78, 5) is 30.0. The first kappa shape index (κ1) is 16.0. The van der Waals surface area contributed by atoms with E-state index in [-0.39, 0.29) is 23.1 Å². The zero-order valence-corrected chi connectivity index (χ0v) is 11.9. The Morgan fingerprint density at radius 2 is 1.90 bits per heavy atom. The largest absolute Gasteiger partial charge is 0.481 e. The van der Waals surface area contributed by atoms with E-state index in [1.54, 1.807) is 0 Å². The van der Waals surface area contributed by atoms with Crippen LogP contribution in [0, 0.1) is 0 Å². The highest BCUT2D eigenvalue weighted by Gasteiger charge is 2.20. The lowest BCUT2D eigenvalue weighted by molar-refractivity contribution is -0.133. The van der Waals surface area contributed by atoms with Crippen molar-refractivity contribution in [2.24, 2.45) is 0 Å². The van der Waals surface area contributed by atoms with Crippen molar-refractivity contribution < 1.29 is 24.2 Å². The molecule has 110 valence electrons. The van der Waals surface area contributed by atoms with Gasteiger partial charge in [-0.25, -0.2) is 9.97 Å². The number of nitrogens with one attached hydrogen (secondary N) is 1. The van der Waals surface area contributed by atoms with Gasteiger partial charge in [0, 0.05) is 12.3 Å². The molecule has 2 N–H and O–H groups in total. The number of hydrogen-bond acceptors (Lipinski definition) is 7. The molecule has 1 aromatic rings. The monoisotopic (exact) mass is 301 g/mol. The number of amides is 1. The van der Waals surface area contributed by atoms with Gasteiger partial charge in [0.15, 0.2) is 5.56 Å². The van der Waals surface area contributed by atoms with Crippen LogP contribution in [-0.2, 0) is 4.79 Å². The summed E-state index contributed by atoms with van der Waals surface area (Å²) in [6.07, 6.45) is 1.23. The lowest BCUT2D eigenvalue weighted by atomic mass is 10.3. The maximum atomic E-state index is 12.0. The number of aliphatic carboxylic acids is 1. The van der Waals surface area contributed by atoms with Gasteiger partial charge in [-0.3, -0.25) is 9.59 Å². The van der Waals surface area contributed by atoms with E-state index < -0.39 is 11.9 Å². The Balaban J connectivity index is 2.61. The molecule has 1 amide bonds. The van der Waals surface area contributed by atoms with Crippen LogP contribution in [0.4, 0.5) is 0 Å². The second-order valence-electron chi connectivity index (χ2n) is 3.47. The van der Waals surface area contributed by atoms with Gasteiger partial charge in [-0.15, -0.1) is 11.8 Å². The zero-order chi connectivity index (χ0) is 15.0. The molecule has 0 fully saturated rings. The van der Waals surface area contributed by atoms with Crippen LogP contribution in [0.15, 0.2) is 6.33 Å². The van der Waals surface area contributed by atoms with E-state index in [0.717, 1.165) is 0 Å². The summed E-state index contributed by atoms with van der Waals surface area (Å²) in [6.45, 7) is 0.317. The summed E-state index contributed by atoms with van der Waals surface area (Å²) >= 11 is 1.21. The smallest absolute Gasteiger partial charge is 0.313 e. The molecule has 0 aromatic carbocycles. The third-order valence-corrected chi connectivity index (χ3v) is 3.09. The summed E-state index contributed by atoms with van der Waals surface area (Å²) in [7, 11) is 2.78. The molecular formula is C11H15N3O5S. The minimum absolute atomic E-state index is 0.00302. The van der Waals surface area contributed by atoms with E-state index in [4.69, 9.17) is 14.6 Å². The minimum Gasteiger partial charge on any atom is -0.481 e. The lowest BCUT2D eigenvalue weighted by Gasteiger charge is -2.10. The van der Waals surface area contributed by atoms with Gasteiger partial charge in [0.25, 0.3) is 5.91 Å². The van der Waals surface area contributed by atoms with Crippen LogP contribution in [0.1, 0.15) is 10.4 Å². The van der Waals surface area contributed by atoms with Crippen molar-refractivity contribution in [3.05, 3.63) is 11.9 Å². The van der Waals surface area contributed by atoms with E-state index in [2.05, 4.69) is 15.3 Å². The number of carbonyl (C=O) groups excluding carboxylic acids is 1. The average Bonchev–Trinajstić information content (AvgIpc) is 2.45. The first-order valence-electron chi connectivity index (χ1n) is 5.60. The standard InChI is InChI=1S/C11H15N3O5S/c1-18-10-8(11(19-2)14-6-13-10)9(17)12-3-4-20-5-7(15)16/h6H,3-5H2,1-2H3,(H,12,17)(H,15,16). The first-order valence-corrected chi connectivity index (χ1v) is 6.76. The van der Waals surface area contributed by atoms with Crippen LogP contribution >= 0.6 is 11.8 Å². The molecule has 0 saturated heterocycles. The number of carboxylic acids is 1. The SMILES string of the molecule is COc1ncnc(OC)c1C(=O)NCCSCC(=O)O. The summed E-state index contributed by atoms with van der Waals surface area (Å²) < 4.78 is 9.99. The van der Waals surface area contributed by atoms with E-state index in [1.165, 1.54) is 32.3 Å². The van der Waals surface area contributed by atoms with Crippen LogP contribution in [0.25, 0.3) is 0 Å². The van der Waals surface area contributed by atoms with Gasteiger partial charge in [0.1, 0.15) is 6.33 Å². The van der Waals surface area contributed by atoms with Gasteiger partial charge in [-0.05, 0) is 0 Å². The summed E-state index contributed by atoms with van der Waals surface area (Å²) in [5.41, 5.74) is 0.112. The Morgan fingerprint density at radius 1 is 1.30 bits per heavy atom. The number of carbonyl (C=O) groups is 2. The predicted octanol–water partition coefficient (Wildman–Crippen LogP) is 0.0414. The number of rotatable bonds is 8. The van der Waals surface area contributed by atoms with Crippen molar-refractivity contribution in [2.75, 3.05) is 32.3 Å². The molecule has 20 heavy (non-hydrogen) atoms. The Hall–Kier alpha value is -2.03. The third kappa shape index (κ3) is 4.57. The number of hydrogen-bond donors (Lipinski definition) is 2. The fourth-order valence-corrected chi connectivity index (χ4v) is 1.91. The average molecular weight is 301 g/mol. The van der Waals surface area contributed by atoms with Gasteiger partial charge in [0.05, 0.1) is 20.0 Å². The third-order valence-electron chi connectivity index (χ3n) is 2.15. The summed E-state index contributed by atoms with van der Waals surface area (Å²) in [5.74, 6) is -0.607. The molecule has 1 aromatic heterocycles. The van der Waals surface area contributed by atoms with E-state index in [0.29, 0.717) is 12.3 Å². The molecule has 0 unspecified atom stereocenters. The Morgan fingerprint density at radius 3 is 2.40 bits per heavy atom. The van der Waals surface area contributed by atoms with Crippen molar-refractivity contribution in [2.45, 2.75) is 0 Å². The van der Waals surface area contributed by atoms with Crippen LogP contribution in [0.2, 0.25) is 0 Å². The molecule has 0 spiro atoms. The molecule has 0 aliphatic rings. The van der Waals surface area contributed by atoms with Crippen LogP contribution < -0.4 is 14.8 Å². The second-order valence-corrected chi connectivity index (χ2v) is 4.57. The number of thioether (sulfide) groups is 1. The van der Waals surface area contributed by atoms with Crippen molar-refractivity contribution in [3.8, 4) is 11.8 Å². The maximum absolute atomic E-state index is 12.0. The highest BCUT2D eigenvalue weighted by atomic mass is 32.2. The molecule has 0 aliphatic carbocycles. The van der Waals surface area contributed by atoms with Gasteiger partial charge >= 0.3 is 5.97 Å². The lowest BCUT2D eigenvalue weighted by Crippen LogP contribution is -2.27. The van der Waals surface area contributed by atoms with Crippen LogP contribution in [-0.4, -0.2) is 59.2 Å². The number of methoxy groups -OCH3 is 2. The number of nitrogens with zero attached hydrogens (tertiary/aromatic N) is 2. The molecule has 1 rings (SSSR count). The van der Waals surface area contributed by atoms with E-state index >= 15 is 0 Å². The molecule has 0 saturated carbocycles. The second kappa shape index (κ2) is 8.20. The first-order chi connectivity index (χ1) is 9.60. The van der Waals surface area contributed by atoms with Gasteiger partial charge in [-0.1, -0.05) is 0 Å². The molecule has 0 bridgehead atoms. The maximum Gasteiger partial charge on any atom is 0.313 e. The topological polar surface area (TPSA) is 111 Å². The Kier molecular flexibility index (Phi) is 6.57. The van der Waals surface area contributed by atoms with Gasteiger partial charge in [0.2, 0.25) is 11.8 Å². The molecule has 0 radical (unpaired) electrons. The number of carboxylic acid groups (broad SMARTS) is 1. The van der Waals surface area contributed by atoms with Crippen molar-refractivity contribution in [1.82, 2.24) is 15.3 Å². The van der Waals surface area contributed by atoms with Crippen LogP contribution in [0.3, 0.4) is 0 Å². The Bertz CT molecular complexity index is 461. The Labute approximate surface area is 119 Å². The predicted molar refractivity (Wildman–Crippen MR) is 72.4 cm³/mol. The van der Waals surface area contributed by atoms with Gasteiger partial charge in [-0.2, -0.15) is 0 Å². The molecular weight excluding hydrogens is 286 g/mol. The fraction of sp³-hybridized carbons (Fsp3) is 0.455. The molecule has 9 heteroatoms. The van der Waals surface area contributed by atoms with Crippen LogP contribution in [0.5, 0.6) is 11.8 Å². The molecule has 8 nitrogen and oxygen atoms in total. The van der Waals surface area contributed by atoms with Crippen molar-refractivity contribution in [1.29, 1.82) is 0 Å². The molecule has 0 aliphatic heterocycles. The summed E-state index contributed by atoms with van der Waals surface area (Å²) in [5, 5.41) is 11.1. The van der Waals surface area contributed by atoms with Gasteiger partial charge < -0.3 is 19.9 Å². The molecule has 0 atom stereocenters. The van der Waals surface area contributed by atoms with Crippen molar-refractivity contribution >= 4 is 23.6 Å². The number of ether oxygens (including phenoxy) is 2. The van der Waals surface area contributed by atoms with E-state index in [9.17, 15) is 9.59 Å². The zero-order valence-electron chi connectivity index (χ0n) is 11.1. The summed E-state index contributed by atoms with van der Waals surface area (Å²) in [6, 6.07) is 0. The quantitative estimate of drug-likeness (QED) is 0.648. The number of aromatic nitrogens is 2.